The van der Waals surface area contributed by atoms with Crippen molar-refractivity contribution in [2.45, 2.75) is 26.1 Å². The average molecular weight is 457 g/mol. The minimum Gasteiger partial charge on any atom is -0.378 e. The Balaban J connectivity index is 1.43. The zero-order valence-electron chi connectivity index (χ0n) is 19.1. The quantitative estimate of drug-likeness (QED) is 0.459. The van der Waals surface area contributed by atoms with Crippen molar-refractivity contribution in [3.05, 3.63) is 93.4 Å². The molecule has 0 atom stereocenters. The van der Waals surface area contributed by atoms with Crippen molar-refractivity contribution in [2.75, 3.05) is 37.7 Å². The van der Waals surface area contributed by atoms with Crippen molar-refractivity contribution in [3.63, 3.8) is 0 Å². The Morgan fingerprint density at radius 2 is 1.53 bits per heavy atom. The Labute approximate surface area is 198 Å². The van der Waals surface area contributed by atoms with Gasteiger partial charge in [-0.1, -0.05) is 60.7 Å². The molecule has 1 fully saturated rings. The molecule has 4 heterocycles. The molecule has 174 valence electrons. The highest BCUT2D eigenvalue weighted by molar-refractivity contribution is 5.44. The first-order chi connectivity index (χ1) is 16.8. The molecule has 2 aliphatic heterocycles. The van der Waals surface area contributed by atoms with Gasteiger partial charge in [-0.2, -0.15) is 4.98 Å². The van der Waals surface area contributed by atoms with Gasteiger partial charge in [-0.05, 0) is 11.1 Å². The van der Waals surface area contributed by atoms with Crippen molar-refractivity contribution in [1.82, 2.24) is 24.1 Å². The first-order valence-electron chi connectivity index (χ1n) is 11.9. The molecule has 8 heteroatoms. The van der Waals surface area contributed by atoms with Crippen LogP contribution in [0.15, 0.2) is 65.5 Å². The van der Waals surface area contributed by atoms with Crippen LogP contribution >= 0.6 is 0 Å². The Bertz CT molecular complexity index is 1340. The predicted molar refractivity (Wildman–Crippen MR) is 130 cm³/mol. The van der Waals surface area contributed by atoms with Crippen molar-refractivity contribution >= 4 is 11.7 Å². The van der Waals surface area contributed by atoms with Crippen molar-refractivity contribution in [2.24, 2.45) is 0 Å². The number of rotatable bonds is 5. The molecule has 8 nitrogen and oxygen atoms in total. The molecule has 0 N–H and O–H groups in total. The number of hydrogen-bond donors (Lipinski definition) is 0. The molecular formula is C26H28N6O2. The highest BCUT2D eigenvalue weighted by atomic mass is 16.5. The van der Waals surface area contributed by atoms with E-state index in [0.717, 1.165) is 49.4 Å². The van der Waals surface area contributed by atoms with Gasteiger partial charge in [0.25, 0.3) is 5.56 Å². The summed E-state index contributed by atoms with van der Waals surface area (Å²) in [6.07, 6.45) is 0.770. The van der Waals surface area contributed by atoms with Crippen LogP contribution in [-0.4, -0.2) is 56.9 Å². The van der Waals surface area contributed by atoms with E-state index in [-0.39, 0.29) is 5.56 Å². The number of fused-ring (bicyclic) bond motifs is 3. The van der Waals surface area contributed by atoms with E-state index in [9.17, 15) is 4.79 Å². The second kappa shape index (κ2) is 9.04. The van der Waals surface area contributed by atoms with Crippen molar-refractivity contribution in [3.8, 4) is 0 Å². The van der Waals surface area contributed by atoms with Crippen LogP contribution in [0.25, 0.3) is 5.78 Å². The van der Waals surface area contributed by atoms with Crippen LogP contribution in [0.1, 0.15) is 22.4 Å². The zero-order valence-corrected chi connectivity index (χ0v) is 19.1. The summed E-state index contributed by atoms with van der Waals surface area (Å²) in [4.78, 5) is 23.2. The summed E-state index contributed by atoms with van der Waals surface area (Å²) < 4.78 is 9.21. The Morgan fingerprint density at radius 3 is 2.24 bits per heavy atom. The van der Waals surface area contributed by atoms with Crippen LogP contribution in [0.4, 0.5) is 5.95 Å². The molecule has 0 bridgehead atoms. The van der Waals surface area contributed by atoms with Crippen LogP contribution in [-0.2, 0) is 30.8 Å². The molecule has 2 aliphatic rings. The molecule has 4 aromatic rings. The zero-order chi connectivity index (χ0) is 22.9. The lowest BCUT2D eigenvalue weighted by Crippen LogP contribution is -2.39. The van der Waals surface area contributed by atoms with Crippen LogP contribution in [0.5, 0.6) is 0 Å². The third kappa shape index (κ3) is 3.99. The molecule has 34 heavy (non-hydrogen) atoms. The SMILES string of the molecule is O=c1c2c(n3nc(N4CCOCC4)nc3n1Cc1ccccc1)CCN(Cc1ccccc1)C2. The van der Waals surface area contributed by atoms with Gasteiger partial charge < -0.3 is 9.64 Å². The fourth-order valence-electron chi connectivity index (χ4n) is 4.92. The van der Waals surface area contributed by atoms with E-state index < -0.39 is 0 Å². The lowest BCUT2D eigenvalue weighted by atomic mass is 10.1. The van der Waals surface area contributed by atoms with E-state index >= 15 is 0 Å². The number of ether oxygens (including phenoxy) is 1. The normalized spacial score (nSPS) is 16.6. The predicted octanol–water partition coefficient (Wildman–Crippen LogP) is 2.33. The van der Waals surface area contributed by atoms with Gasteiger partial charge in [0.15, 0.2) is 0 Å². The van der Waals surface area contributed by atoms with Gasteiger partial charge in [0, 0.05) is 39.1 Å². The van der Waals surface area contributed by atoms with E-state index in [4.69, 9.17) is 14.8 Å². The molecule has 1 saturated heterocycles. The summed E-state index contributed by atoms with van der Waals surface area (Å²) in [6.45, 7) is 5.63. The second-order valence-corrected chi connectivity index (χ2v) is 8.97. The molecule has 6 rings (SSSR count). The minimum atomic E-state index is 0.0324. The maximum atomic E-state index is 13.8. The van der Waals surface area contributed by atoms with Gasteiger partial charge >= 0.3 is 0 Å². The third-order valence-corrected chi connectivity index (χ3v) is 6.70. The molecule has 2 aromatic carbocycles. The highest BCUT2D eigenvalue weighted by Gasteiger charge is 2.27. The van der Waals surface area contributed by atoms with Crippen molar-refractivity contribution in [1.29, 1.82) is 0 Å². The molecule has 0 spiro atoms. The largest absolute Gasteiger partial charge is 0.378 e. The Hall–Kier alpha value is -3.49. The number of hydrogen-bond acceptors (Lipinski definition) is 6. The minimum absolute atomic E-state index is 0.0324. The molecule has 0 amide bonds. The van der Waals surface area contributed by atoms with Gasteiger partial charge in [0.05, 0.1) is 31.0 Å². The Kier molecular flexibility index (Phi) is 5.60. The summed E-state index contributed by atoms with van der Waals surface area (Å²) in [5.74, 6) is 1.29. The van der Waals surface area contributed by atoms with E-state index in [1.165, 1.54) is 5.56 Å². The summed E-state index contributed by atoms with van der Waals surface area (Å²) in [5.41, 5.74) is 4.17. The van der Waals surface area contributed by atoms with E-state index in [1.54, 1.807) is 4.57 Å². The molecule has 2 aromatic heterocycles. The smallest absolute Gasteiger partial charge is 0.260 e. The standard InChI is InChI=1S/C26H28N6O2/c33-24-22-19-29(17-20-7-3-1-4-8-20)12-11-23(22)32-26(31(24)18-21-9-5-2-6-10-21)27-25(28-32)30-13-15-34-16-14-30/h1-10H,11-19H2. The van der Waals surface area contributed by atoms with Gasteiger partial charge in [-0.25, -0.2) is 4.52 Å². The van der Waals surface area contributed by atoms with Crippen LogP contribution in [0, 0.1) is 0 Å². The van der Waals surface area contributed by atoms with Gasteiger partial charge in [-0.3, -0.25) is 14.3 Å². The summed E-state index contributed by atoms with van der Waals surface area (Å²) >= 11 is 0. The van der Waals surface area contributed by atoms with Crippen LogP contribution < -0.4 is 10.5 Å². The summed E-state index contributed by atoms with van der Waals surface area (Å²) in [6, 6.07) is 20.5. The fraction of sp³-hybridized carbons (Fsp3) is 0.346. The Morgan fingerprint density at radius 1 is 0.853 bits per heavy atom. The first kappa shape index (κ1) is 21.1. The second-order valence-electron chi connectivity index (χ2n) is 8.97. The molecule has 0 saturated carbocycles. The lowest BCUT2D eigenvalue weighted by Gasteiger charge is -2.29. The van der Waals surface area contributed by atoms with Crippen LogP contribution in [0.3, 0.4) is 0 Å². The number of aromatic nitrogens is 4. The number of morpholine rings is 1. The van der Waals surface area contributed by atoms with Gasteiger partial charge in [-0.15, -0.1) is 5.10 Å². The maximum Gasteiger partial charge on any atom is 0.260 e. The molecule has 0 radical (unpaired) electrons. The number of benzene rings is 2. The lowest BCUT2D eigenvalue weighted by molar-refractivity contribution is 0.122. The first-order valence-corrected chi connectivity index (χ1v) is 11.9. The third-order valence-electron chi connectivity index (χ3n) is 6.70. The maximum absolute atomic E-state index is 13.8. The molecule has 0 aliphatic carbocycles. The average Bonchev–Trinajstić information content (AvgIpc) is 3.34. The van der Waals surface area contributed by atoms with Gasteiger partial charge in [0.1, 0.15) is 0 Å². The topological polar surface area (TPSA) is 67.9 Å². The molecular weight excluding hydrogens is 428 g/mol. The van der Waals surface area contributed by atoms with E-state index in [0.29, 0.717) is 38.0 Å². The van der Waals surface area contributed by atoms with E-state index in [2.05, 4.69) is 34.1 Å². The van der Waals surface area contributed by atoms with Crippen molar-refractivity contribution < 1.29 is 4.74 Å². The highest BCUT2D eigenvalue weighted by Crippen LogP contribution is 2.22. The summed E-state index contributed by atoms with van der Waals surface area (Å²) in [7, 11) is 0. The number of anilines is 1. The summed E-state index contributed by atoms with van der Waals surface area (Å²) in [5, 5.41) is 4.90. The monoisotopic (exact) mass is 456 g/mol. The van der Waals surface area contributed by atoms with Crippen LogP contribution in [0.2, 0.25) is 0 Å². The number of nitrogens with zero attached hydrogens (tertiary/aromatic N) is 6. The van der Waals surface area contributed by atoms with E-state index in [1.807, 2.05) is 40.9 Å². The molecule has 0 unspecified atom stereocenters. The fourth-order valence-corrected chi connectivity index (χ4v) is 4.92. The van der Waals surface area contributed by atoms with Gasteiger partial charge in [0.2, 0.25) is 11.7 Å².